The standard InChI is InChI=1S/C15H17N3O/c1-10-8-18(9-13(10)16)15(19)12-4-5-14-11(7-12)3-2-6-17-14/h2-7,10,13H,8-9,16H2,1H3. The van der Waals surface area contributed by atoms with Crippen molar-refractivity contribution in [1.82, 2.24) is 9.88 Å². The molecule has 1 aliphatic heterocycles. The number of rotatable bonds is 1. The van der Waals surface area contributed by atoms with E-state index in [0.717, 1.165) is 17.4 Å². The maximum absolute atomic E-state index is 12.4. The lowest BCUT2D eigenvalue weighted by Crippen LogP contribution is -2.32. The molecular formula is C15H17N3O. The monoisotopic (exact) mass is 255 g/mol. The van der Waals surface area contributed by atoms with Crippen molar-refractivity contribution in [3.05, 3.63) is 42.1 Å². The zero-order valence-electron chi connectivity index (χ0n) is 10.9. The van der Waals surface area contributed by atoms with Gasteiger partial charge in [0, 0.05) is 36.3 Å². The third-order valence-electron chi connectivity index (χ3n) is 3.81. The van der Waals surface area contributed by atoms with Crippen molar-refractivity contribution in [2.24, 2.45) is 11.7 Å². The third-order valence-corrected chi connectivity index (χ3v) is 3.81. The largest absolute Gasteiger partial charge is 0.337 e. The minimum Gasteiger partial charge on any atom is -0.337 e. The number of hydrogen-bond donors (Lipinski definition) is 1. The summed E-state index contributed by atoms with van der Waals surface area (Å²) in [5, 5.41) is 0.991. The molecule has 3 rings (SSSR count). The fraction of sp³-hybridized carbons (Fsp3) is 0.333. The summed E-state index contributed by atoms with van der Waals surface area (Å²) in [7, 11) is 0. The first-order chi connectivity index (χ1) is 9.15. The molecule has 0 bridgehead atoms. The topological polar surface area (TPSA) is 59.2 Å². The maximum atomic E-state index is 12.4. The zero-order chi connectivity index (χ0) is 13.4. The molecule has 0 aliphatic carbocycles. The second kappa shape index (κ2) is 4.63. The Bertz CT molecular complexity index is 616. The maximum Gasteiger partial charge on any atom is 0.253 e. The molecule has 2 aromatic rings. The fourth-order valence-electron chi connectivity index (χ4n) is 2.55. The van der Waals surface area contributed by atoms with E-state index in [0.29, 0.717) is 18.0 Å². The minimum absolute atomic E-state index is 0.0607. The molecule has 98 valence electrons. The molecule has 1 fully saturated rings. The van der Waals surface area contributed by atoms with Gasteiger partial charge in [0.05, 0.1) is 5.52 Å². The van der Waals surface area contributed by atoms with E-state index in [2.05, 4.69) is 11.9 Å². The predicted molar refractivity (Wildman–Crippen MR) is 74.8 cm³/mol. The van der Waals surface area contributed by atoms with Crippen molar-refractivity contribution in [3.8, 4) is 0 Å². The molecule has 4 heteroatoms. The average Bonchev–Trinajstić information content (AvgIpc) is 2.77. The zero-order valence-corrected chi connectivity index (χ0v) is 10.9. The normalized spacial score (nSPS) is 22.9. The van der Waals surface area contributed by atoms with E-state index in [4.69, 9.17) is 5.73 Å². The summed E-state index contributed by atoms with van der Waals surface area (Å²) in [5.41, 5.74) is 7.59. The number of hydrogen-bond acceptors (Lipinski definition) is 3. The second-order valence-electron chi connectivity index (χ2n) is 5.26. The van der Waals surface area contributed by atoms with Gasteiger partial charge in [0.25, 0.3) is 5.91 Å². The first-order valence-electron chi connectivity index (χ1n) is 6.55. The minimum atomic E-state index is 0.0607. The van der Waals surface area contributed by atoms with Gasteiger partial charge >= 0.3 is 0 Å². The van der Waals surface area contributed by atoms with Gasteiger partial charge in [-0.15, -0.1) is 0 Å². The van der Waals surface area contributed by atoms with Crippen LogP contribution in [0.1, 0.15) is 17.3 Å². The van der Waals surface area contributed by atoms with Crippen molar-refractivity contribution in [2.45, 2.75) is 13.0 Å². The molecule has 2 unspecified atom stereocenters. The number of amides is 1. The van der Waals surface area contributed by atoms with Crippen molar-refractivity contribution >= 4 is 16.8 Å². The van der Waals surface area contributed by atoms with Crippen LogP contribution in [0.25, 0.3) is 10.9 Å². The molecule has 2 heterocycles. The van der Waals surface area contributed by atoms with E-state index >= 15 is 0 Å². The molecule has 1 saturated heterocycles. The fourth-order valence-corrected chi connectivity index (χ4v) is 2.55. The Balaban J connectivity index is 1.90. The van der Waals surface area contributed by atoms with Crippen molar-refractivity contribution < 1.29 is 4.79 Å². The number of nitrogens with two attached hydrogens (primary N) is 1. The summed E-state index contributed by atoms with van der Waals surface area (Å²) in [4.78, 5) is 18.5. The molecule has 0 radical (unpaired) electrons. The van der Waals surface area contributed by atoms with Crippen LogP contribution in [0.4, 0.5) is 0 Å². The molecule has 4 nitrogen and oxygen atoms in total. The molecule has 0 spiro atoms. The quantitative estimate of drug-likeness (QED) is 0.843. The van der Waals surface area contributed by atoms with Gasteiger partial charge in [0.1, 0.15) is 0 Å². The molecule has 2 atom stereocenters. The van der Waals surface area contributed by atoms with E-state index in [9.17, 15) is 4.79 Å². The molecule has 1 amide bonds. The molecular weight excluding hydrogens is 238 g/mol. The van der Waals surface area contributed by atoms with Crippen molar-refractivity contribution in [3.63, 3.8) is 0 Å². The Hall–Kier alpha value is -1.94. The van der Waals surface area contributed by atoms with Crippen LogP contribution >= 0.6 is 0 Å². The van der Waals surface area contributed by atoms with Gasteiger partial charge < -0.3 is 10.6 Å². The first-order valence-corrected chi connectivity index (χ1v) is 6.55. The van der Waals surface area contributed by atoms with Crippen LogP contribution in [0.3, 0.4) is 0 Å². The Labute approximate surface area is 112 Å². The molecule has 1 aliphatic rings. The lowest BCUT2D eigenvalue weighted by molar-refractivity contribution is 0.0787. The number of benzene rings is 1. The predicted octanol–water partition coefficient (Wildman–Crippen LogP) is 1.65. The van der Waals surface area contributed by atoms with Crippen molar-refractivity contribution in [2.75, 3.05) is 13.1 Å². The van der Waals surface area contributed by atoms with Crippen LogP contribution < -0.4 is 5.73 Å². The molecule has 1 aromatic carbocycles. The Morgan fingerprint density at radius 2 is 2.21 bits per heavy atom. The van der Waals surface area contributed by atoms with Gasteiger partial charge in [-0.1, -0.05) is 13.0 Å². The lowest BCUT2D eigenvalue weighted by Gasteiger charge is -2.16. The van der Waals surface area contributed by atoms with E-state index in [1.54, 1.807) is 6.20 Å². The summed E-state index contributed by atoms with van der Waals surface area (Å²) in [6.07, 6.45) is 1.75. The highest BCUT2D eigenvalue weighted by molar-refractivity contribution is 5.98. The van der Waals surface area contributed by atoms with Gasteiger partial charge in [-0.2, -0.15) is 0 Å². The van der Waals surface area contributed by atoms with Crippen molar-refractivity contribution in [1.29, 1.82) is 0 Å². The molecule has 19 heavy (non-hydrogen) atoms. The summed E-state index contributed by atoms with van der Waals surface area (Å²) in [6, 6.07) is 9.57. The smallest absolute Gasteiger partial charge is 0.253 e. The number of aromatic nitrogens is 1. The summed E-state index contributed by atoms with van der Waals surface area (Å²) < 4.78 is 0. The first kappa shape index (κ1) is 12.1. The van der Waals surface area contributed by atoms with E-state index in [-0.39, 0.29) is 11.9 Å². The van der Waals surface area contributed by atoms with Gasteiger partial charge in [0.15, 0.2) is 0 Å². The summed E-state index contributed by atoms with van der Waals surface area (Å²) in [5.74, 6) is 0.427. The number of pyridine rings is 1. The molecule has 0 saturated carbocycles. The number of carbonyl (C=O) groups excluding carboxylic acids is 1. The van der Waals surface area contributed by atoms with E-state index in [1.165, 1.54) is 0 Å². The highest BCUT2D eigenvalue weighted by atomic mass is 16.2. The number of nitrogens with zero attached hydrogens (tertiary/aromatic N) is 2. The number of fused-ring (bicyclic) bond motifs is 1. The lowest BCUT2D eigenvalue weighted by atomic mass is 10.1. The average molecular weight is 255 g/mol. The second-order valence-corrected chi connectivity index (χ2v) is 5.26. The summed E-state index contributed by atoms with van der Waals surface area (Å²) >= 11 is 0. The number of carbonyl (C=O) groups is 1. The number of likely N-dealkylation sites (tertiary alicyclic amines) is 1. The van der Waals surface area contributed by atoms with Crippen LogP contribution in [0.2, 0.25) is 0 Å². The van der Waals surface area contributed by atoms with Crippen LogP contribution in [0, 0.1) is 5.92 Å². The van der Waals surface area contributed by atoms with Gasteiger partial charge in [-0.05, 0) is 30.2 Å². The Morgan fingerprint density at radius 3 is 2.95 bits per heavy atom. The van der Waals surface area contributed by atoms with Gasteiger partial charge in [-0.25, -0.2) is 0 Å². The highest BCUT2D eigenvalue weighted by Crippen LogP contribution is 2.19. The van der Waals surface area contributed by atoms with Crippen LogP contribution in [-0.4, -0.2) is 34.9 Å². The van der Waals surface area contributed by atoms with Crippen LogP contribution in [-0.2, 0) is 0 Å². The SMILES string of the molecule is CC1CN(C(=O)c2ccc3ncccc3c2)CC1N. The highest BCUT2D eigenvalue weighted by Gasteiger charge is 2.30. The van der Waals surface area contributed by atoms with E-state index < -0.39 is 0 Å². The van der Waals surface area contributed by atoms with E-state index in [1.807, 2.05) is 35.2 Å². The Morgan fingerprint density at radius 1 is 1.37 bits per heavy atom. The van der Waals surface area contributed by atoms with Crippen LogP contribution in [0.15, 0.2) is 36.5 Å². The molecule has 1 aromatic heterocycles. The Kier molecular flexibility index (Phi) is 2.95. The van der Waals surface area contributed by atoms with Crippen LogP contribution in [0.5, 0.6) is 0 Å². The van der Waals surface area contributed by atoms with Gasteiger partial charge in [0.2, 0.25) is 0 Å². The molecule has 2 N–H and O–H groups in total. The third kappa shape index (κ3) is 2.19. The summed E-state index contributed by atoms with van der Waals surface area (Å²) in [6.45, 7) is 3.47. The van der Waals surface area contributed by atoms with Gasteiger partial charge in [-0.3, -0.25) is 9.78 Å².